The van der Waals surface area contributed by atoms with Gasteiger partial charge in [0.15, 0.2) is 40.0 Å². The number of amides is 3. The number of imide groups is 1. The zero-order valence-corrected chi connectivity index (χ0v) is 45.4. The number of likely N-dealkylation sites (N-methyl/N-ethyl adjacent to an activating group) is 1. The van der Waals surface area contributed by atoms with E-state index < -0.39 is 84.5 Å². The number of phenolic OH excluding ortho intramolecular Hbond substituents is 2. The van der Waals surface area contributed by atoms with Crippen LogP contribution >= 0.6 is 23.5 Å². The van der Waals surface area contributed by atoms with Gasteiger partial charge in [-0.1, -0.05) is 6.07 Å². The van der Waals surface area contributed by atoms with Gasteiger partial charge in [0.25, 0.3) is 0 Å². The molecule has 77 heavy (non-hydrogen) atoms. The van der Waals surface area contributed by atoms with Crippen LogP contribution in [0.2, 0.25) is 0 Å². The summed E-state index contributed by atoms with van der Waals surface area (Å²) in [5.74, 6) is -2.30. The highest BCUT2D eigenvalue weighted by atomic mass is 32.2. The molecule has 8 atom stereocenters. The van der Waals surface area contributed by atoms with Gasteiger partial charge in [0.2, 0.25) is 25.4 Å². The molecular weight excluding hydrogens is 1040 g/mol. The van der Waals surface area contributed by atoms with Gasteiger partial charge in [0, 0.05) is 60.5 Å². The van der Waals surface area contributed by atoms with Gasteiger partial charge in [-0.15, -0.1) is 11.8 Å². The molecule has 3 saturated heterocycles. The van der Waals surface area contributed by atoms with Crippen LogP contribution in [0.5, 0.6) is 40.2 Å². The number of methoxy groups -OCH3 is 2. The molecule has 3 aromatic rings. The number of phenols is 2. The average molecular weight is 1100 g/mol. The fourth-order valence-corrected chi connectivity index (χ4v) is 15.9. The van der Waals surface area contributed by atoms with Crippen molar-refractivity contribution >= 4 is 59.3 Å². The van der Waals surface area contributed by atoms with Gasteiger partial charge >= 0.3 is 24.0 Å². The Bertz CT molecular complexity index is 2990. The molecule has 8 aliphatic heterocycles. The number of aliphatic hydroxyl groups is 1. The highest BCUT2D eigenvalue weighted by Crippen LogP contribution is 2.65. The maximum atomic E-state index is 15.7. The molecule has 4 fully saturated rings. The monoisotopic (exact) mass is 1100 g/mol. The van der Waals surface area contributed by atoms with Crippen molar-refractivity contribution < 1.29 is 82.0 Å². The minimum absolute atomic E-state index is 0.0137. The summed E-state index contributed by atoms with van der Waals surface area (Å²) < 4.78 is 47.8. The Balaban J connectivity index is 0.964. The van der Waals surface area contributed by atoms with Crippen LogP contribution in [0.1, 0.15) is 101 Å². The van der Waals surface area contributed by atoms with E-state index in [9.17, 15) is 39.3 Å². The Morgan fingerprint density at radius 3 is 2.36 bits per heavy atom. The quantitative estimate of drug-likeness (QED) is 0.110. The summed E-state index contributed by atoms with van der Waals surface area (Å²) in [5.41, 5.74) is 2.31. The molecule has 1 saturated carbocycles. The molecule has 3 aromatic carbocycles. The number of aromatic hydroxyl groups is 2. The van der Waals surface area contributed by atoms with Crippen LogP contribution in [0.4, 0.5) is 4.79 Å². The van der Waals surface area contributed by atoms with E-state index in [0.29, 0.717) is 83.5 Å². The molecule has 23 heteroatoms. The number of fused-ring (bicyclic) bond motifs is 9. The van der Waals surface area contributed by atoms with E-state index >= 15 is 4.79 Å². The van der Waals surface area contributed by atoms with Gasteiger partial charge in [-0.2, -0.15) is 11.8 Å². The summed E-state index contributed by atoms with van der Waals surface area (Å²) in [6.07, 6.45) is 2.35. The molecule has 3 N–H and O–H groups in total. The minimum atomic E-state index is -2.03. The second-order valence-electron chi connectivity index (χ2n) is 21.1. The minimum Gasteiger partial charge on any atom is -0.504 e. The van der Waals surface area contributed by atoms with Crippen LogP contribution in [0, 0.1) is 25.7 Å². The molecule has 1 unspecified atom stereocenters. The number of benzene rings is 3. The maximum Gasteiger partial charge on any atom is 0.413 e. The number of thioether (sulfide) groups is 2. The molecule has 3 amide bonds. The van der Waals surface area contributed by atoms with Gasteiger partial charge in [-0.25, -0.2) is 9.59 Å². The number of carbonyl (C=O) groups is 6. The first kappa shape index (κ1) is 52.9. The fourth-order valence-electron chi connectivity index (χ4n) is 13.6. The number of aliphatic hydroxyl groups excluding tert-OH is 1. The topological polar surface area (TPSA) is 250 Å². The second-order valence-corrected chi connectivity index (χ2v) is 23.3. The van der Waals surface area contributed by atoms with Crippen molar-refractivity contribution in [2.75, 3.05) is 66.6 Å². The summed E-state index contributed by atoms with van der Waals surface area (Å²) in [5, 5.41) is 35.0. The third-order valence-electron chi connectivity index (χ3n) is 17.2. The largest absolute Gasteiger partial charge is 0.504 e. The third-order valence-corrected chi connectivity index (χ3v) is 19.6. The summed E-state index contributed by atoms with van der Waals surface area (Å²) >= 11 is 2.60. The Hall–Kier alpha value is -6.14. The van der Waals surface area contributed by atoms with E-state index in [1.807, 2.05) is 36.1 Å². The maximum absolute atomic E-state index is 15.7. The van der Waals surface area contributed by atoms with Crippen molar-refractivity contribution in [3.05, 3.63) is 62.7 Å². The van der Waals surface area contributed by atoms with E-state index in [4.69, 9.17) is 37.9 Å². The molecule has 1 aliphatic carbocycles. The zero-order valence-electron chi connectivity index (χ0n) is 43.8. The van der Waals surface area contributed by atoms with Crippen molar-refractivity contribution in [2.45, 2.75) is 112 Å². The van der Waals surface area contributed by atoms with Crippen LogP contribution in [0.3, 0.4) is 0 Å². The number of nitrogens with zero attached hydrogens (tertiary/aromatic N) is 4. The number of esters is 3. The number of likely N-dealkylation sites (tertiary alicyclic amines) is 1. The Labute approximate surface area is 452 Å². The lowest BCUT2D eigenvalue weighted by atomic mass is 9.73. The van der Waals surface area contributed by atoms with Crippen molar-refractivity contribution in [3.8, 4) is 40.2 Å². The van der Waals surface area contributed by atoms with E-state index in [2.05, 4.69) is 0 Å². The average Bonchev–Trinajstić information content (AvgIpc) is 4.18. The summed E-state index contributed by atoms with van der Waals surface area (Å²) in [6.45, 7) is 3.69. The Morgan fingerprint density at radius 1 is 0.909 bits per heavy atom. The molecule has 21 nitrogen and oxygen atoms in total. The number of ether oxygens (including phenoxy) is 8. The highest BCUT2D eigenvalue weighted by Gasteiger charge is 2.63. The highest BCUT2D eigenvalue weighted by molar-refractivity contribution is 8.00. The summed E-state index contributed by atoms with van der Waals surface area (Å²) in [6, 6.07) is 1.95. The number of aryl methyl sites for hydroxylation is 1. The molecule has 12 rings (SSSR count). The number of carbonyl (C=O) groups excluding carboxylic acids is 6. The van der Waals surface area contributed by atoms with Gasteiger partial charge in [0.05, 0.1) is 48.8 Å². The molecule has 0 aromatic heterocycles. The van der Waals surface area contributed by atoms with Crippen LogP contribution in [-0.2, 0) is 56.6 Å². The van der Waals surface area contributed by atoms with Crippen molar-refractivity contribution in [3.63, 3.8) is 0 Å². The van der Waals surface area contributed by atoms with Crippen molar-refractivity contribution in [1.29, 1.82) is 0 Å². The SMILES string of the molecule is COc1cc2c(cc1O)CCN(C(=O)OCOC(=O)C1CCC(CN3C(=O)CC(SC)C3=O)CC1)[C@]21CS[C@@H]2c3c(OC(C)=O)c(C)c4c(c3[C@H](COC1=O)N1[C@@H]2[C@H]2c3c(cc(C)c(OC)c3O)C[C@@H]([C@@H]1O)N2C)OCO4. The molecular formula is C54H62N4O17S2. The first-order chi connectivity index (χ1) is 36.9. The fraction of sp³-hybridized carbons (Fsp3) is 0.556. The molecule has 0 radical (unpaired) electrons. The lowest BCUT2D eigenvalue weighted by Crippen LogP contribution is -2.70. The zero-order chi connectivity index (χ0) is 54.5. The van der Waals surface area contributed by atoms with Crippen LogP contribution in [-0.4, -0.2) is 161 Å². The third kappa shape index (κ3) is 8.39. The molecule has 412 valence electrons. The smallest absolute Gasteiger partial charge is 0.413 e. The molecule has 1 spiro atoms. The normalized spacial score (nSPS) is 29.2. The molecule has 8 heterocycles. The lowest BCUT2D eigenvalue weighted by Gasteiger charge is -2.62. The van der Waals surface area contributed by atoms with Gasteiger partial charge in [0.1, 0.15) is 18.6 Å². The van der Waals surface area contributed by atoms with E-state index in [-0.39, 0.29) is 89.2 Å². The van der Waals surface area contributed by atoms with E-state index in [1.165, 1.54) is 66.6 Å². The predicted octanol–water partition coefficient (Wildman–Crippen LogP) is 5.06. The predicted molar refractivity (Wildman–Crippen MR) is 275 cm³/mol. The first-order valence-corrected chi connectivity index (χ1v) is 28.2. The standard InChI is InChI=1S/C54H62N4O17S2/c1-24-14-30-15-32-49(63)58-33-20-70-52(66)54(21-77-48(42(58)41(55(32)4)38(30)43(62)44(24)69-6)40-39(33)47-46(71-22-72-47)25(2)45(40)75-26(3)59)31-17-35(68-5)34(60)16-29(31)12-13-57(54)53(67)74-23-73-51(65)28-10-8-27(9-11-28)19-56-37(61)18-36(76-7)50(56)64/h14,16-17,27-28,32-33,36,41-42,48-49,60,62-63H,8-13,15,18-23H2,1-7H3/t27?,28?,32-,33-,36?,41+,42+,48+,49-,54+/m0/s1. The summed E-state index contributed by atoms with van der Waals surface area (Å²) in [7, 11) is 4.73. The Kier molecular flexibility index (Phi) is 13.9. The van der Waals surface area contributed by atoms with Crippen molar-refractivity contribution in [2.24, 2.45) is 11.8 Å². The lowest BCUT2D eigenvalue weighted by molar-refractivity contribution is -0.188. The van der Waals surface area contributed by atoms with Crippen LogP contribution < -0.4 is 23.7 Å². The van der Waals surface area contributed by atoms with Crippen molar-refractivity contribution in [1.82, 2.24) is 19.6 Å². The summed E-state index contributed by atoms with van der Waals surface area (Å²) in [4.78, 5) is 89.2. The number of hydrogen-bond donors (Lipinski definition) is 3. The number of piperazine rings is 1. The second kappa shape index (κ2) is 20.3. The first-order valence-electron chi connectivity index (χ1n) is 25.8. The van der Waals surface area contributed by atoms with Crippen LogP contribution in [0.15, 0.2) is 18.2 Å². The van der Waals surface area contributed by atoms with E-state index in [1.54, 1.807) is 6.92 Å². The molecule has 4 bridgehead atoms. The van der Waals surface area contributed by atoms with E-state index in [0.717, 1.165) is 5.56 Å². The number of hydrogen-bond acceptors (Lipinski definition) is 21. The molecule has 9 aliphatic rings. The van der Waals surface area contributed by atoms with Crippen LogP contribution in [0.25, 0.3) is 0 Å². The Morgan fingerprint density at radius 2 is 1.66 bits per heavy atom. The van der Waals surface area contributed by atoms with Gasteiger partial charge in [-0.3, -0.25) is 38.8 Å². The van der Waals surface area contributed by atoms with Gasteiger partial charge < -0.3 is 53.2 Å². The van der Waals surface area contributed by atoms with Gasteiger partial charge in [-0.05, 0) is 106 Å². The number of rotatable bonds is 9.